The molecule has 0 fully saturated rings. The topological polar surface area (TPSA) is 124 Å². The SMILES string of the molecule is COCCOC(=O)CCC(=O)NC(=S)NNC(=O)c1ccc(OC)c(OC)c1. The average Bonchev–Trinajstić information content (AvgIpc) is 2.70. The molecule has 0 bridgehead atoms. The summed E-state index contributed by atoms with van der Waals surface area (Å²) in [5.41, 5.74) is 5.04. The number of esters is 1. The molecule has 1 rings (SSSR count). The van der Waals surface area contributed by atoms with Gasteiger partial charge in [0.15, 0.2) is 16.6 Å². The zero-order valence-electron chi connectivity index (χ0n) is 15.8. The Hall–Kier alpha value is -2.92. The van der Waals surface area contributed by atoms with Crippen LogP contribution in [0.4, 0.5) is 0 Å². The summed E-state index contributed by atoms with van der Waals surface area (Å²) >= 11 is 4.92. The standard InChI is InChI=1S/C17H23N3O7S/c1-24-8-9-27-15(22)7-6-14(21)18-17(28)20-19-16(23)11-4-5-12(25-2)13(10-11)26-3/h4-5,10H,6-9H2,1-3H3,(H,19,23)(H2,18,20,21,28). The minimum Gasteiger partial charge on any atom is -0.493 e. The number of thiocarbonyl (C=S) groups is 1. The molecule has 1 aromatic rings. The van der Waals surface area contributed by atoms with Crippen LogP contribution in [0.1, 0.15) is 23.2 Å². The minimum absolute atomic E-state index is 0.101. The molecule has 0 unspecified atom stereocenters. The average molecular weight is 413 g/mol. The number of carbonyl (C=O) groups is 3. The van der Waals surface area contributed by atoms with Crippen molar-refractivity contribution in [3.63, 3.8) is 0 Å². The number of hydrazine groups is 1. The molecule has 11 heteroatoms. The van der Waals surface area contributed by atoms with Gasteiger partial charge in [0, 0.05) is 19.1 Å². The molecule has 0 atom stereocenters. The summed E-state index contributed by atoms with van der Waals surface area (Å²) in [5, 5.41) is 2.22. The van der Waals surface area contributed by atoms with Crippen molar-refractivity contribution < 1.29 is 33.3 Å². The Morgan fingerprint density at radius 2 is 1.68 bits per heavy atom. The minimum atomic E-state index is -0.521. The second kappa shape index (κ2) is 12.5. The van der Waals surface area contributed by atoms with Crippen LogP contribution in [-0.4, -0.2) is 57.4 Å². The molecular formula is C17H23N3O7S. The molecule has 0 aliphatic heterocycles. The first-order valence-corrected chi connectivity index (χ1v) is 8.58. The van der Waals surface area contributed by atoms with E-state index in [2.05, 4.69) is 16.2 Å². The van der Waals surface area contributed by atoms with Crippen LogP contribution >= 0.6 is 12.2 Å². The highest BCUT2D eigenvalue weighted by Gasteiger charge is 2.12. The Morgan fingerprint density at radius 3 is 2.32 bits per heavy atom. The van der Waals surface area contributed by atoms with Gasteiger partial charge in [-0.05, 0) is 30.4 Å². The summed E-state index contributed by atoms with van der Waals surface area (Å²) in [6, 6.07) is 4.61. The maximum Gasteiger partial charge on any atom is 0.306 e. The highest BCUT2D eigenvalue weighted by Crippen LogP contribution is 2.27. The molecule has 0 saturated heterocycles. The fourth-order valence-corrected chi connectivity index (χ4v) is 2.08. The molecule has 1 aromatic carbocycles. The molecule has 0 saturated carbocycles. The van der Waals surface area contributed by atoms with Gasteiger partial charge in [0.1, 0.15) is 6.61 Å². The highest BCUT2D eigenvalue weighted by atomic mass is 32.1. The van der Waals surface area contributed by atoms with Crippen LogP contribution in [0, 0.1) is 0 Å². The lowest BCUT2D eigenvalue weighted by Gasteiger charge is -2.12. The van der Waals surface area contributed by atoms with Crippen molar-refractivity contribution in [1.29, 1.82) is 0 Å². The zero-order valence-corrected chi connectivity index (χ0v) is 16.6. The van der Waals surface area contributed by atoms with Crippen LogP contribution in [-0.2, 0) is 19.1 Å². The zero-order chi connectivity index (χ0) is 20.9. The van der Waals surface area contributed by atoms with E-state index in [1.807, 2.05) is 0 Å². The molecule has 2 amide bonds. The third-order valence-electron chi connectivity index (χ3n) is 3.29. The smallest absolute Gasteiger partial charge is 0.306 e. The van der Waals surface area contributed by atoms with Crippen molar-refractivity contribution >= 4 is 35.1 Å². The Morgan fingerprint density at radius 1 is 0.964 bits per heavy atom. The Kier molecular flexibility index (Phi) is 10.3. The van der Waals surface area contributed by atoms with Gasteiger partial charge in [-0.15, -0.1) is 0 Å². The molecule has 0 radical (unpaired) electrons. The number of amides is 2. The van der Waals surface area contributed by atoms with Gasteiger partial charge in [0.2, 0.25) is 5.91 Å². The number of hydrogen-bond donors (Lipinski definition) is 3. The van der Waals surface area contributed by atoms with E-state index in [1.165, 1.54) is 33.5 Å². The molecule has 28 heavy (non-hydrogen) atoms. The molecule has 154 valence electrons. The van der Waals surface area contributed by atoms with E-state index in [4.69, 9.17) is 31.2 Å². The van der Waals surface area contributed by atoms with Crippen molar-refractivity contribution in [3.8, 4) is 11.5 Å². The van der Waals surface area contributed by atoms with E-state index in [-0.39, 0.29) is 36.7 Å². The number of hydrogen-bond acceptors (Lipinski definition) is 8. The molecule has 0 aromatic heterocycles. The van der Waals surface area contributed by atoms with Gasteiger partial charge < -0.3 is 24.3 Å². The van der Waals surface area contributed by atoms with E-state index in [1.54, 1.807) is 6.07 Å². The summed E-state index contributed by atoms with van der Waals surface area (Å²) < 4.78 is 19.8. The van der Waals surface area contributed by atoms with E-state index in [0.717, 1.165) is 0 Å². The number of ether oxygens (including phenoxy) is 4. The molecular weight excluding hydrogens is 390 g/mol. The lowest BCUT2D eigenvalue weighted by Crippen LogP contribution is -2.48. The van der Waals surface area contributed by atoms with Gasteiger partial charge in [0.05, 0.1) is 27.2 Å². The first-order valence-electron chi connectivity index (χ1n) is 8.18. The van der Waals surface area contributed by atoms with E-state index >= 15 is 0 Å². The quantitative estimate of drug-likeness (QED) is 0.227. The summed E-state index contributed by atoms with van der Waals surface area (Å²) in [6.45, 7) is 0.408. The fraction of sp³-hybridized carbons (Fsp3) is 0.412. The molecule has 0 aliphatic carbocycles. The maximum absolute atomic E-state index is 12.1. The van der Waals surface area contributed by atoms with Crippen LogP contribution in [0.3, 0.4) is 0 Å². The number of carbonyl (C=O) groups excluding carboxylic acids is 3. The van der Waals surface area contributed by atoms with Crippen molar-refractivity contribution in [2.24, 2.45) is 0 Å². The van der Waals surface area contributed by atoms with Gasteiger partial charge in [0.25, 0.3) is 5.91 Å². The number of methoxy groups -OCH3 is 3. The normalized spacial score (nSPS) is 9.82. The van der Waals surface area contributed by atoms with Gasteiger partial charge in [-0.2, -0.15) is 0 Å². The van der Waals surface area contributed by atoms with Crippen molar-refractivity contribution in [2.75, 3.05) is 34.5 Å². The van der Waals surface area contributed by atoms with Crippen LogP contribution in [0.25, 0.3) is 0 Å². The van der Waals surface area contributed by atoms with Crippen LogP contribution in [0.5, 0.6) is 11.5 Å². The maximum atomic E-state index is 12.1. The molecule has 3 N–H and O–H groups in total. The van der Waals surface area contributed by atoms with Crippen LogP contribution in [0.2, 0.25) is 0 Å². The van der Waals surface area contributed by atoms with Gasteiger partial charge in [-0.3, -0.25) is 25.2 Å². The predicted molar refractivity (Wildman–Crippen MR) is 103 cm³/mol. The Labute approximate surface area is 167 Å². The number of benzene rings is 1. The Bertz CT molecular complexity index is 712. The summed E-state index contributed by atoms with van der Waals surface area (Å²) in [4.78, 5) is 35.3. The molecule has 0 heterocycles. The monoisotopic (exact) mass is 413 g/mol. The highest BCUT2D eigenvalue weighted by molar-refractivity contribution is 7.80. The third kappa shape index (κ3) is 8.18. The van der Waals surface area contributed by atoms with E-state index < -0.39 is 17.8 Å². The fourth-order valence-electron chi connectivity index (χ4n) is 1.91. The summed E-state index contributed by atoms with van der Waals surface area (Å²) in [6.07, 6.45) is -0.215. The predicted octanol–water partition coefficient (Wildman–Crippen LogP) is 0.309. The largest absolute Gasteiger partial charge is 0.493 e. The third-order valence-corrected chi connectivity index (χ3v) is 3.50. The molecule has 10 nitrogen and oxygen atoms in total. The van der Waals surface area contributed by atoms with Crippen molar-refractivity contribution in [2.45, 2.75) is 12.8 Å². The van der Waals surface area contributed by atoms with Gasteiger partial charge in [-0.25, -0.2) is 0 Å². The summed E-state index contributed by atoms with van der Waals surface area (Å²) in [5.74, 6) is -0.646. The lowest BCUT2D eigenvalue weighted by atomic mass is 10.2. The lowest BCUT2D eigenvalue weighted by molar-refractivity contribution is -0.146. The van der Waals surface area contributed by atoms with E-state index in [9.17, 15) is 14.4 Å². The van der Waals surface area contributed by atoms with Crippen LogP contribution in [0.15, 0.2) is 18.2 Å². The summed E-state index contributed by atoms with van der Waals surface area (Å²) in [7, 11) is 4.43. The first kappa shape index (κ1) is 23.1. The first-order chi connectivity index (χ1) is 13.4. The Balaban J connectivity index is 2.38. The van der Waals surface area contributed by atoms with Crippen LogP contribution < -0.4 is 25.6 Å². The number of nitrogens with one attached hydrogen (secondary N) is 3. The van der Waals surface area contributed by atoms with Gasteiger partial charge in [-0.1, -0.05) is 0 Å². The second-order valence-electron chi connectivity index (χ2n) is 5.24. The number of rotatable bonds is 9. The molecule has 0 aliphatic rings. The van der Waals surface area contributed by atoms with Crippen molar-refractivity contribution in [1.82, 2.24) is 16.2 Å². The van der Waals surface area contributed by atoms with E-state index in [0.29, 0.717) is 11.5 Å². The van der Waals surface area contributed by atoms with Crippen molar-refractivity contribution in [3.05, 3.63) is 23.8 Å². The van der Waals surface area contributed by atoms with Gasteiger partial charge >= 0.3 is 5.97 Å². The second-order valence-corrected chi connectivity index (χ2v) is 5.65. The molecule has 0 spiro atoms.